The van der Waals surface area contributed by atoms with E-state index < -0.39 is 4.92 Å². The first kappa shape index (κ1) is 18.0. The number of hydrogen-bond donors (Lipinski definition) is 1. The van der Waals surface area contributed by atoms with Crippen molar-refractivity contribution in [3.8, 4) is 21.8 Å². The highest BCUT2D eigenvalue weighted by Gasteiger charge is 2.10. The molecule has 2 heterocycles. The van der Waals surface area contributed by atoms with E-state index in [-0.39, 0.29) is 11.6 Å². The van der Waals surface area contributed by atoms with Gasteiger partial charge in [-0.05, 0) is 47.8 Å². The van der Waals surface area contributed by atoms with Gasteiger partial charge in [-0.2, -0.15) is 0 Å². The van der Waals surface area contributed by atoms with Gasteiger partial charge in [0.15, 0.2) is 0 Å². The molecule has 28 heavy (non-hydrogen) atoms. The molecule has 138 valence electrons. The van der Waals surface area contributed by atoms with Crippen molar-refractivity contribution in [1.82, 2.24) is 4.98 Å². The Kier molecular flexibility index (Phi) is 4.96. The molecule has 0 radical (unpaired) electrons. The van der Waals surface area contributed by atoms with Gasteiger partial charge in [-0.3, -0.25) is 14.9 Å². The lowest BCUT2D eigenvalue weighted by molar-refractivity contribution is -0.384. The maximum Gasteiger partial charge on any atom is 0.269 e. The van der Waals surface area contributed by atoms with Gasteiger partial charge in [-0.25, -0.2) is 4.98 Å². The second-order valence-electron chi connectivity index (χ2n) is 5.85. The molecular formula is C20H13N3O3S2. The van der Waals surface area contributed by atoms with Gasteiger partial charge in [0.2, 0.25) is 0 Å². The Morgan fingerprint density at radius 1 is 0.964 bits per heavy atom. The topological polar surface area (TPSA) is 85.1 Å². The first-order chi connectivity index (χ1) is 13.6. The van der Waals surface area contributed by atoms with Crippen LogP contribution in [0.2, 0.25) is 0 Å². The number of hydrogen-bond acceptors (Lipinski definition) is 6. The number of anilines is 1. The summed E-state index contributed by atoms with van der Waals surface area (Å²) in [6.45, 7) is 0. The molecule has 2 aromatic heterocycles. The number of nitro groups is 1. The Bertz CT molecular complexity index is 1120. The van der Waals surface area contributed by atoms with Crippen LogP contribution in [-0.4, -0.2) is 15.8 Å². The van der Waals surface area contributed by atoms with Crippen LogP contribution in [0.1, 0.15) is 9.67 Å². The van der Waals surface area contributed by atoms with Crippen LogP contribution in [0.3, 0.4) is 0 Å². The highest BCUT2D eigenvalue weighted by molar-refractivity contribution is 7.13. The molecule has 0 bridgehead atoms. The van der Waals surface area contributed by atoms with Crippen LogP contribution in [0.4, 0.5) is 11.4 Å². The van der Waals surface area contributed by atoms with Crippen molar-refractivity contribution >= 4 is 40.0 Å². The Labute approximate surface area is 168 Å². The minimum atomic E-state index is -0.422. The number of carbonyl (C=O) groups is 1. The van der Waals surface area contributed by atoms with E-state index in [9.17, 15) is 14.9 Å². The van der Waals surface area contributed by atoms with Gasteiger partial charge in [-0.1, -0.05) is 6.07 Å². The number of non-ortho nitro benzene ring substituents is 1. The van der Waals surface area contributed by atoms with Crippen molar-refractivity contribution in [2.45, 2.75) is 0 Å². The number of nitro benzene ring substituents is 1. The summed E-state index contributed by atoms with van der Waals surface area (Å²) in [4.78, 5) is 27.7. The van der Waals surface area contributed by atoms with Crippen LogP contribution in [-0.2, 0) is 0 Å². The Morgan fingerprint density at radius 2 is 1.68 bits per heavy atom. The van der Waals surface area contributed by atoms with Crippen molar-refractivity contribution in [2.24, 2.45) is 0 Å². The van der Waals surface area contributed by atoms with Gasteiger partial charge < -0.3 is 5.32 Å². The third-order valence-corrected chi connectivity index (χ3v) is 5.77. The molecule has 0 spiro atoms. The summed E-state index contributed by atoms with van der Waals surface area (Å²) in [5.41, 5.74) is 3.30. The van der Waals surface area contributed by atoms with E-state index in [0.29, 0.717) is 10.6 Å². The van der Waals surface area contributed by atoms with Gasteiger partial charge in [0.1, 0.15) is 5.01 Å². The minimum Gasteiger partial charge on any atom is -0.321 e. The fraction of sp³-hybridized carbons (Fsp3) is 0. The highest BCUT2D eigenvalue weighted by atomic mass is 32.1. The summed E-state index contributed by atoms with van der Waals surface area (Å²) in [6, 6.07) is 17.4. The zero-order valence-corrected chi connectivity index (χ0v) is 16.0. The van der Waals surface area contributed by atoms with Crippen molar-refractivity contribution < 1.29 is 9.72 Å². The first-order valence-corrected chi connectivity index (χ1v) is 10.0. The molecule has 0 fully saturated rings. The summed E-state index contributed by atoms with van der Waals surface area (Å²) in [6.07, 6.45) is 0. The molecule has 1 N–H and O–H groups in total. The molecule has 0 aliphatic heterocycles. The van der Waals surface area contributed by atoms with E-state index in [1.165, 1.54) is 34.8 Å². The van der Waals surface area contributed by atoms with Gasteiger partial charge in [-0.15, -0.1) is 22.7 Å². The van der Waals surface area contributed by atoms with Gasteiger partial charge >= 0.3 is 0 Å². The Hall–Kier alpha value is -3.36. The van der Waals surface area contributed by atoms with Crippen LogP contribution < -0.4 is 5.32 Å². The van der Waals surface area contributed by atoms with E-state index >= 15 is 0 Å². The lowest BCUT2D eigenvalue weighted by Gasteiger charge is -2.04. The van der Waals surface area contributed by atoms with Gasteiger partial charge in [0.05, 0.1) is 15.5 Å². The number of amides is 1. The summed E-state index contributed by atoms with van der Waals surface area (Å²) in [5.74, 6) is -0.127. The smallest absolute Gasteiger partial charge is 0.269 e. The van der Waals surface area contributed by atoms with Crippen molar-refractivity contribution in [3.63, 3.8) is 0 Å². The summed E-state index contributed by atoms with van der Waals surface area (Å²) >= 11 is 2.89. The molecular weight excluding hydrogens is 394 g/mol. The van der Waals surface area contributed by atoms with Crippen molar-refractivity contribution in [3.05, 3.63) is 86.4 Å². The minimum absolute atomic E-state index is 0.0550. The monoisotopic (exact) mass is 407 g/mol. The van der Waals surface area contributed by atoms with E-state index in [2.05, 4.69) is 10.3 Å². The molecule has 0 saturated heterocycles. The molecule has 1 amide bonds. The SMILES string of the molecule is O=C(Nc1ccc(-c2nc(-c3ccc([N+](=O)[O-])cc3)cs2)cc1)c1cccs1. The van der Waals surface area contributed by atoms with Crippen LogP contribution in [0.15, 0.2) is 71.4 Å². The number of aromatic nitrogens is 1. The van der Waals surface area contributed by atoms with E-state index in [4.69, 9.17) is 0 Å². The number of nitrogens with one attached hydrogen (secondary N) is 1. The van der Waals surface area contributed by atoms with Crippen molar-refractivity contribution in [2.75, 3.05) is 5.32 Å². The van der Waals surface area contributed by atoms with Gasteiger partial charge in [0.25, 0.3) is 11.6 Å². The predicted octanol–water partition coefficient (Wildman–Crippen LogP) is 5.70. The molecule has 6 nitrogen and oxygen atoms in total. The van der Waals surface area contributed by atoms with Crippen LogP contribution in [0.25, 0.3) is 21.8 Å². The number of benzene rings is 2. The molecule has 0 aliphatic carbocycles. The van der Waals surface area contributed by atoms with Crippen LogP contribution in [0, 0.1) is 10.1 Å². The summed E-state index contributed by atoms with van der Waals surface area (Å²) < 4.78 is 0. The average molecular weight is 407 g/mol. The number of thiophene rings is 1. The maximum atomic E-state index is 12.1. The second kappa shape index (κ2) is 7.71. The Morgan fingerprint density at radius 3 is 2.32 bits per heavy atom. The molecule has 4 aromatic rings. The summed E-state index contributed by atoms with van der Waals surface area (Å²) in [7, 11) is 0. The molecule has 0 saturated carbocycles. The number of thiazole rings is 1. The third kappa shape index (κ3) is 3.83. The lowest BCUT2D eigenvalue weighted by Crippen LogP contribution is -2.09. The van der Waals surface area contributed by atoms with E-state index in [1.807, 2.05) is 41.1 Å². The average Bonchev–Trinajstić information content (AvgIpc) is 3.41. The zero-order valence-electron chi connectivity index (χ0n) is 14.4. The Balaban J connectivity index is 1.49. The van der Waals surface area contributed by atoms with Crippen LogP contribution in [0.5, 0.6) is 0 Å². The fourth-order valence-corrected chi connectivity index (χ4v) is 4.04. The molecule has 0 aliphatic rings. The van der Waals surface area contributed by atoms with E-state index in [1.54, 1.807) is 18.2 Å². The standard InChI is InChI=1S/C20H13N3O3S2/c24-19(18-2-1-11-27-18)21-15-7-3-14(4-8-15)20-22-17(12-28-20)13-5-9-16(10-6-13)23(25)26/h1-12H,(H,21,24). The molecule has 0 atom stereocenters. The summed E-state index contributed by atoms with van der Waals surface area (Å²) in [5, 5.41) is 18.3. The molecule has 4 rings (SSSR count). The zero-order chi connectivity index (χ0) is 19.5. The van der Waals surface area contributed by atoms with Crippen LogP contribution >= 0.6 is 22.7 Å². The van der Waals surface area contributed by atoms with Crippen molar-refractivity contribution in [1.29, 1.82) is 0 Å². The molecule has 0 unspecified atom stereocenters. The largest absolute Gasteiger partial charge is 0.321 e. The number of rotatable bonds is 5. The highest BCUT2D eigenvalue weighted by Crippen LogP contribution is 2.30. The molecule has 8 heteroatoms. The number of nitrogens with zero attached hydrogens (tertiary/aromatic N) is 2. The number of carbonyl (C=O) groups excluding carboxylic acids is 1. The lowest BCUT2D eigenvalue weighted by atomic mass is 10.1. The third-order valence-electron chi connectivity index (χ3n) is 4.01. The normalized spacial score (nSPS) is 10.6. The molecule has 2 aromatic carbocycles. The predicted molar refractivity (Wildman–Crippen MR) is 112 cm³/mol. The van der Waals surface area contributed by atoms with E-state index in [0.717, 1.165) is 21.8 Å². The van der Waals surface area contributed by atoms with Gasteiger partial charge in [0, 0.05) is 34.3 Å². The second-order valence-corrected chi connectivity index (χ2v) is 7.66. The fourth-order valence-electron chi connectivity index (χ4n) is 2.59. The maximum absolute atomic E-state index is 12.1. The first-order valence-electron chi connectivity index (χ1n) is 8.26. The quantitative estimate of drug-likeness (QED) is 0.340.